The van der Waals surface area contributed by atoms with Crippen LogP contribution in [0.15, 0.2) is 23.1 Å². The van der Waals surface area contributed by atoms with Crippen LogP contribution in [-0.2, 0) is 19.6 Å². The zero-order chi connectivity index (χ0) is 23.0. The Kier molecular flexibility index (Phi) is 8.92. The molecule has 2 aliphatic rings. The highest BCUT2D eigenvalue weighted by molar-refractivity contribution is 7.89. The van der Waals surface area contributed by atoms with Gasteiger partial charge in [0.05, 0.1) is 12.0 Å². The molecule has 0 bridgehead atoms. The fraction of sp³-hybridized carbons (Fsp3) is 0.652. The molecule has 0 radical (unpaired) electrons. The van der Waals surface area contributed by atoms with Gasteiger partial charge in [-0.05, 0) is 43.9 Å². The number of hydrogen-bond acceptors (Lipinski definition) is 6. The van der Waals surface area contributed by atoms with E-state index in [0.29, 0.717) is 13.1 Å². The predicted octanol–water partition coefficient (Wildman–Crippen LogP) is 3.26. The number of sulfonamides is 1. The third-order valence-corrected chi connectivity index (χ3v) is 8.04. The molecule has 1 amide bonds. The standard InChI is InChI=1S/C23H34N2O6S/c1-30-21-13-12-19(32(28,29)25-14-8-4-5-9-15-25)16-20(21)23(27)31-17-22(26)24-18-10-6-2-3-7-11-18/h12-13,16,18H,2-11,14-15,17H2,1H3,(H,24,26). The molecule has 178 valence electrons. The van der Waals surface area contributed by atoms with Crippen LogP contribution in [0, 0.1) is 0 Å². The maximum atomic E-state index is 13.1. The maximum absolute atomic E-state index is 13.1. The molecular weight excluding hydrogens is 432 g/mol. The molecule has 0 spiro atoms. The van der Waals surface area contributed by atoms with Gasteiger partial charge in [0.25, 0.3) is 5.91 Å². The van der Waals surface area contributed by atoms with E-state index in [0.717, 1.165) is 51.4 Å². The Hall–Kier alpha value is -2.13. The molecule has 1 aromatic carbocycles. The van der Waals surface area contributed by atoms with Crippen LogP contribution in [-0.4, -0.2) is 57.4 Å². The number of methoxy groups -OCH3 is 1. The minimum atomic E-state index is -3.73. The van der Waals surface area contributed by atoms with Crippen LogP contribution < -0.4 is 10.1 Å². The van der Waals surface area contributed by atoms with E-state index in [4.69, 9.17) is 9.47 Å². The van der Waals surface area contributed by atoms with Gasteiger partial charge in [0.1, 0.15) is 11.3 Å². The lowest BCUT2D eigenvalue weighted by Gasteiger charge is -2.20. The summed E-state index contributed by atoms with van der Waals surface area (Å²) in [5, 5.41) is 2.93. The van der Waals surface area contributed by atoms with Crippen molar-refractivity contribution in [1.82, 2.24) is 9.62 Å². The van der Waals surface area contributed by atoms with Gasteiger partial charge in [0.2, 0.25) is 10.0 Å². The lowest BCUT2D eigenvalue weighted by molar-refractivity contribution is -0.125. The van der Waals surface area contributed by atoms with Crippen molar-refractivity contribution in [3.8, 4) is 5.75 Å². The molecule has 8 nitrogen and oxygen atoms in total. The highest BCUT2D eigenvalue weighted by atomic mass is 32.2. The molecule has 0 unspecified atom stereocenters. The van der Waals surface area contributed by atoms with Crippen LogP contribution in [0.1, 0.15) is 74.6 Å². The Balaban J connectivity index is 1.67. The van der Waals surface area contributed by atoms with Crippen molar-refractivity contribution in [2.75, 3.05) is 26.8 Å². The molecule has 0 aromatic heterocycles. The van der Waals surface area contributed by atoms with E-state index < -0.39 is 22.6 Å². The summed E-state index contributed by atoms with van der Waals surface area (Å²) in [6.45, 7) is 0.520. The van der Waals surface area contributed by atoms with E-state index in [1.807, 2.05) is 0 Å². The Bertz CT molecular complexity index is 886. The summed E-state index contributed by atoms with van der Waals surface area (Å²) in [4.78, 5) is 25.0. The van der Waals surface area contributed by atoms with Crippen LogP contribution in [0.5, 0.6) is 5.75 Å². The molecule has 0 atom stereocenters. The Morgan fingerprint density at radius 2 is 1.62 bits per heavy atom. The monoisotopic (exact) mass is 466 g/mol. The number of amides is 1. The Morgan fingerprint density at radius 3 is 2.25 bits per heavy atom. The van der Waals surface area contributed by atoms with Gasteiger partial charge in [-0.15, -0.1) is 0 Å². The lowest BCUT2D eigenvalue weighted by Crippen LogP contribution is -2.37. The minimum absolute atomic E-state index is 0.00865. The van der Waals surface area contributed by atoms with Crippen molar-refractivity contribution in [2.24, 2.45) is 0 Å². The van der Waals surface area contributed by atoms with E-state index in [-0.39, 0.29) is 28.2 Å². The molecular formula is C23H34N2O6S. The minimum Gasteiger partial charge on any atom is -0.496 e. The van der Waals surface area contributed by atoms with Gasteiger partial charge >= 0.3 is 5.97 Å². The van der Waals surface area contributed by atoms with Crippen molar-refractivity contribution >= 4 is 21.9 Å². The summed E-state index contributed by atoms with van der Waals surface area (Å²) in [7, 11) is -2.33. The average Bonchev–Trinajstić information content (AvgIpc) is 3.22. The van der Waals surface area contributed by atoms with Gasteiger partial charge in [0, 0.05) is 19.1 Å². The largest absolute Gasteiger partial charge is 0.496 e. The van der Waals surface area contributed by atoms with E-state index in [1.54, 1.807) is 0 Å². The number of benzene rings is 1. The molecule has 2 fully saturated rings. The molecule has 1 saturated carbocycles. The third kappa shape index (κ3) is 6.45. The first-order valence-corrected chi connectivity index (χ1v) is 13.0. The first-order valence-electron chi connectivity index (χ1n) is 11.6. The quantitative estimate of drug-likeness (QED) is 0.489. The van der Waals surface area contributed by atoms with Crippen LogP contribution in [0.3, 0.4) is 0 Å². The molecule has 1 aliphatic heterocycles. The maximum Gasteiger partial charge on any atom is 0.342 e. The molecule has 3 rings (SSSR count). The van der Waals surface area contributed by atoms with Crippen molar-refractivity contribution in [3.63, 3.8) is 0 Å². The number of hydrogen-bond donors (Lipinski definition) is 1. The SMILES string of the molecule is COc1ccc(S(=O)(=O)N2CCCCCC2)cc1C(=O)OCC(=O)NC1CCCCCC1. The van der Waals surface area contributed by atoms with E-state index in [2.05, 4.69) is 5.32 Å². The fourth-order valence-electron chi connectivity index (χ4n) is 4.34. The summed E-state index contributed by atoms with van der Waals surface area (Å²) >= 11 is 0. The number of ether oxygens (including phenoxy) is 2. The van der Waals surface area contributed by atoms with Crippen LogP contribution in [0.2, 0.25) is 0 Å². The van der Waals surface area contributed by atoms with Crippen molar-refractivity contribution < 1.29 is 27.5 Å². The summed E-state index contributed by atoms with van der Waals surface area (Å²) in [6, 6.07) is 4.28. The zero-order valence-electron chi connectivity index (χ0n) is 18.8. The smallest absolute Gasteiger partial charge is 0.342 e. The number of carbonyl (C=O) groups excluding carboxylic acids is 2. The van der Waals surface area contributed by atoms with Crippen LogP contribution >= 0.6 is 0 Å². The van der Waals surface area contributed by atoms with Crippen LogP contribution in [0.25, 0.3) is 0 Å². The summed E-state index contributed by atoms with van der Waals surface area (Å²) in [5.41, 5.74) is -0.00865. The molecule has 1 heterocycles. The van der Waals surface area contributed by atoms with Crippen LogP contribution in [0.4, 0.5) is 0 Å². The van der Waals surface area contributed by atoms with E-state index in [1.165, 1.54) is 42.5 Å². The second-order valence-electron chi connectivity index (χ2n) is 8.51. The number of rotatable bonds is 7. The lowest BCUT2D eigenvalue weighted by atomic mass is 10.1. The van der Waals surface area contributed by atoms with Crippen molar-refractivity contribution in [1.29, 1.82) is 0 Å². The summed E-state index contributed by atoms with van der Waals surface area (Å²) in [5.74, 6) is -0.933. The third-order valence-electron chi connectivity index (χ3n) is 6.15. The average molecular weight is 467 g/mol. The first kappa shape index (κ1) is 24.5. The van der Waals surface area contributed by atoms with E-state index in [9.17, 15) is 18.0 Å². The van der Waals surface area contributed by atoms with Gasteiger partial charge in [-0.3, -0.25) is 4.79 Å². The second kappa shape index (κ2) is 11.7. The molecule has 9 heteroatoms. The number of nitrogens with one attached hydrogen (secondary N) is 1. The Labute approximate surface area is 190 Å². The molecule has 1 saturated heterocycles. The van der Waals surface area contributed by atoms with Crippen molar-refractivity contribution in [3.05, 3.63) is 23.8 Å². The molecule has 1 aliphatic carbocycles. The number of carbonyl (C=O) groups is 2. The normalized spacial score (nSPS) is 18.9. The molecule has 1 aromatic rings. The van der Waals surface area contributed by atoms with Gasteiger partial charge < -0.3 is 14.8 Å². The number of nitrogens with zero attached hydrogens (tertiary/aromatic N) is 1. The predicted molar refractivity (Wildman–Crippen MR) is 120 cm³/mol. The first-order chi connectivity index (χ1) is 15.4. The Morgan fingerprint density at radius 1 is 1.00 bits per heavy atom. The molecule has 32 heavy (non-hydrogen) atoms. The van der Waals surface area contributed by atoms with Gasteiger partial charge in [-0.25, -0.2) is 13.2 Å². The molecule has 1 N–H and O–H groups in total. The topological polar surface area (TPSA) is 102 Å². The zero-order valence-corrected chi connectivity index (χ0v) is 19.6. The summed E-state index contributed by atoms with van der Waals surface area (Å²) in [6.07, 6.45) is 10.1. The fourth-order valence-corrected chi connectivity index (χ4v) is 5.88. The highest BCUT2D eigenvalue weighted by Gasteiger charge is 2.27. The van der Waals surface area contributed by atoms with Gasteiger partial charge in [-0.2, -0.15) is 4.31 Å². The summed E-state index contributed by atoms with van der Waals surface area (Å²) < 4.78 is 38.1. The highest BCUT2D eigenvalue weighted by Crippen LogP contribution is 2.27. The van der Waals surface area contributed by atoms with Gasteiger partial charge in [-0.1, -0.05) is 38.5 Å². The second-order valence-corrected chi connectivity index (χ2v) is 10.5. The van der Waals surface area contributed by atoms with Gasteiger partial charge in [0.15, 0.2) is 6.61 Å². The number of esters is 1. The van der Waals surface area contributed by atoms with Crippen molar-refractivity contribution in [2.45, 2.75) is 75.1 Å². The van der Waals surface area contributed by atoms with E-state index >= 15 is 0 Å².